The monoisotopic (exact) mass is 413 g/mol. The first kappa shape index (κ1) is 18.8. The number of aromatic nitrogens is 5. The molecule has 3 aromatic heterocycles. The Morgan fingerprint density at radius 1 is 0.839 bits per heavy atom. The number of hydrogen-bond acceptors (Lipinski definition) is 7. The minimum Gasteiger partial charge on any atom is -0.493 e. The lowest BCUT2D eigenvalue weighted by molar-refractivity contribution is 0.296. The van der Waals surface area contributed by atoms with Crippen molar-refractivity contribution in [2.24, 2.45) is 0 Å². The van der Waals surface area contributed by atoms with Crippen molar-refractivity contribution in [1.82, 2.24) is 24.8 Å². The standard InChI is InChI=1S/C23H19N5O3/c1-29-20-12-16-18(13-21(20)30-2)24-11-10-19(16)31-14-23-26-25-22-9-8-17(27-28(22)23)15-6-4-3-5-7-15/h3-13H,14H2,1-2H3. The number of rotatable bonds is 6. The lowest BCUT2D eigenvalue weighted by atomic mass is 10.1. The van der Waals surface area contributed by atoms with E-state index < -0.39 is 0 Å². The molecule has 154 valence electrons. The Labute approximate surface area is 178 Å². The van der Waals surface area contributed by atoms with Crippen LogP contribution in [0.4, 0.5) is 0 Å². The third-order valence-corrected chi connectivity index (χ3v) is 4.96. The van der Waals surface area contributed by atoms with Gasteiger partial charge in [0.25, 0.3) is 0 Å². The molecule has 0 aliphatic heterocycles. The van der Waals surface area contributed by atoms with Gasteiger partial charge in [0.05, 0.1) is 25.4 Å². The van der Waals surface area contributed by atoms with Crippen molar-refractivity contribution < 1.29 is 14.2 Å². The van der Waals surface area contributed by atoms with Gasteiger partial charge in [-0.05, 0) is 24.3 Å². The lowest BCUT2D eigenvalue weighted by Crippen LogP contribution is -2.05. The van der Waals surface area contributed by atoms with Gasteiger partial charge in [0.1, 0.15) is 12.4 Å². The maximum absolute atomic E-state index is 6.09. The number of fused-ring (bicyclic) bond motifs is 2. The van der Waals surface area contributed by atoms with Crippen LogP contribution in [-0.2, 0) is 6.61 Å². The molecule has 8 nitrogen and oxygen atoms in total. The largest absolute Gasteiger partial charge is 0.493 e. The van der Waals surface area contributed by atoms with Crippen molar-refractivity contribution >= 4 is 16.6 Å². The minimum atomic E-state index is 0.194. The Kier molecular flexibility index (Phi) is 4.80. The zero-order valence-electron chi connectivity index (χ0n) is 17.0. The molecule has 2 aromatic carbocycles. The maximum atomic E-state index is 6.09. The molecule has 0 aliphatic carbocycles. The molecule has 0 aliphatic rings. The summed E-state index contributed by atoms with van der Waals surface area (Å²) in [5.74, 6) is 2.47. The van der Waals surface area contributed by atoms with Crippen LogP contribution in [0.1, 0.15) is 5.82 Å². The Hall–Kier alpha value is -4.20. The fourth-order valence-corrected chi connectivity index (χ4v) is 3.40. The number of benzene rings is 2. The molecule has 0 saturated heterocycles. The Bertz CT molecular complexity index is 1370. The van der Waals surface area contributed by atoms with Crippen LogP contribution in [0, 0.1) is 0 Å². The molecule has 3 heterocycles. The zero-order chi connectivity index (χ0) is 21.2. The fourth-order valence-electron chi connectivity index (χ4n) is 3.40. The van der Waals surface area contributed by atoms with Crippen molar-refractivity contribution in [2.45, 2.75) is 6.61 Å². The molecule has 0 N–H and O–H groups in total. The van der Waals surface area contributed by atoms with Crippen molar-refractivity contribution in [3.05, 3.63) is 72.7 Å². The van der Waals surface area contributed by atoms with E-state index in [1.54, 1.807) is 31.0 Å². The highest BCUT2D eigenvalue weighted by Crippen LogP contribution is 2.35. The van der Waals surface area contributed by atoms with E-state index in [9.17, 15) is 0 Å². The molecule has 5 aromatic rings. The molecular weight excluding hydrogens is 394 g/mol. The van der Waals surface area contributed by atoms with E-state index in [1.165, 1.54) is 0 Å². The molecule has 0 fully saturated rings. The van der Waals surface area contributed by atoms with E-state index in [4.69, 9.17) is 19.3 Å². The van der Waals surface area contributed by atoms with Gasteiger partial charge in [-0.15, -0.1) is 10.2 Å². The van der Waals surface area contributed by atoms with E-state index in [0.717, 1.165) is 22.2 Å². The molecule has 0 atom stereocenters. The highest BCUT2D eigenvalue weighted by Gasteiger charge is 2.13. The number of ether oxygens (including phenoxy) is 3. The second-order valence-corrected chi connectivity index (χ2v) is 6.79. The molecule has 0 amide bonds. The molecule has 5 rings (SSSR count). The fraction of sp³-hybridized carbons (Fsp3) is 0.130. The summed E-state index contributed by atoms with van der Waals surface area (Å²) < 4.78 is 18.6. The van der Waals surface area contributed by atoms with Gasteiger partial charge in [0, 0.05) is 23.2 Å². The van der Waals surface area contributed by atoms with E-state index in [2.05, 4.69) is 15.2 Å². The van der Waals surface area contributed by atoms with Gasteiger partial charge in [-0.2, -0.15) is 9.61 Å². The van der Waals surface area contributed by atoms with Gasteiger partial charge >= 0.3 is 0 Å². The molecule has 0 bridgehead atoms. The highest BCUT2D eigenvalue weighted by atomic mass is 16.5. The first-order valence-corrected chi connectivity index (χ1v) is 9.67. The van der Waals surface area contributed by atoms with E-state index in [0.29, 0.717) is 28.7 Å². The molecule has 0 saturated carbocycles. The van der Waals surface area contributed by atoms with E-state index >= 15 is 0 Å². The number of pyridine rings is 1. The van der Waals surface area contributed by atoms with Gasteiger partial charge in [-0.3, -0.25) is 4.98 Å². The molecular formula is C23H19N5O3. The minimum absolute atomic E-state index is 0.194. The second-order valence-electron chi connectivity index (χ2n) is 6.79. The highest BCUT2D eigenvalue weighted by molar-refractivity contribution is 5.88. The van der Waals surface area contributed by atoms with Crippen LogP contribution in [0.3, 0.4) is 0 Å². The molecule has 31 heavy (non-hydrogen) atoms. The first-order chi connectivity index (χ1) is 15.3. The molecule has 0 unspecified atom stereocenters. The third-order valence-electron chi connectivity index (χ3n) is 4.96. The van der Waals surface area contributed by atoms with E-state index in [-0.39, 0.29) is 6.61 Å². The number of hydrogen-bond donors (Lipinski definition) is 0. The molecule has 0 spiro atoms. The quantitative estimate of drug-likeness (QED) is 0.417. The summed E-state index contributed by atoms with van der Waals surface area (Å²) in [7, 11) is 3.19. The van der Waals surface area contributed by atoms with Crippen molar-refractivity contribution in [3.63, 3.8) is 0 Å². The van der Waals surface area contributed by atoms with Gasteiger partial charge in [0.2, 0.25) is 0 Å². The number of nitrogens with zero attached hydrogens (tertiary/aromatic N) is 5. The Morgan fingerprint density at radius 2 is 1.65 bits per heavy atom. The molecule has 0 radical (unpaired) electrons. The van der Waals surface area contributed by atoms with Gasteiger partial charge in [0.15, 0.2) is 23.0 Å². The van der Waals surface area contributed by atoms with Gasteiger partial charge in [-0.25, -0.2) is 0 Å². The van der Waals surface area contributed by atoms with Crippen LogP contribution in [-0.4, -0.2) is 39.0 Å². The zero-order valence-corrected chi connectivity index (χ0v) is 17.0. The first-order valence-electron chi connectivity index (χ1n) is 9.67. The van der Waals surface area contributed by atoms with Crippen LogP contribution < -0.4 is 14.2 Å². The van der Waals surface area contributed by atoms with Crippen molar-refractivity contribution in [3.8, 4) is 28.5 Å². The topological polar surface area (TPSA) is 83.7 Å². The summed E-state index contributed by atoms with van der Waals surface area (Å²) in [5, 5.41) is 14.0. The lowest BCUT2D eigenvalue weighted by Gasteiger charge is -2.12. The summed E-state index contributed by atoms with van der Waals surface area (Å²) in [6.07, 6.45) is 1.69. The third kappa shape index (κ3) is 3.48. The average molecular weight is 413 g/mol. The van der Waals surface area contributed by atoms with Crippen LogP contribution >= 0.6 is 0 Å². The van der Waals surface area contributed by atoms with Crippen LogP contribution in [0.25, 0.3) is 27.8 Å². The van der Waals surface area contributed by atoms with E-state index in [1.807, 2.05) is 54.6 Å². The van der Waals surface area contributed by atoms with Gasteiger partial charge in [-0.1, -0.05) is 30.3 Å². The Morgan fingerprint density at radius 3 is 2.45 bits per heavy atom. The molecule has 8 heteroatoms. The van der Waals surface area contributed by atoms with Crippen molar-refractivity contribution in [2.75, 3.05) is 14.2 Å². The summed E-state index contributed by atoms with van der Waals surface area (Å²) in [5.41, 5.74) is 3.25. The Balaban J connectivity index is 1.48. The smallest absolute Gasteiger partial charge is 0.192 e. The van der Waals surface area contributed by atoms with Crippen molar-refractivity contribution in [1.29, 1.82) is 0 Å². The average Bonchev–Trinajstić information content (AvgIpc) is 3.24. The van der Waals surface area contributed by atoms with Crippen LogP contribution in [0.2, 0.25) is 0 Å². The van der Waals surface area contributed by atoms with Crippen LogP contribution in [0.15, 0.2) is 66.9 Å². The summed E-state index contributed by atoms with van der Waals surface area (Å²) in [6.45, 7) is 0.194. The summed E-state index contributed by atoms with van der Waals surface area (Å²) in [4.78, 5) is 4.40. The predicted molar refractivity (Wildman–Crippen MR) is 115 cm³/mol. The maximum Gasteiger partial charge on any atom is 0.192 e. The number of methoxy groups -OCH3 is 2. The summed E-state index contributed by atoms with van der Waals surface area (Å²) >= 11 is 0. The SMILES string of the molecule is COc1cc2nccc(OCc3nnc4ccc(-c5ccccc5)nn34)c2cc1OC. The second kappa shape index (κ2) is 7.91. The predicted octanol–water partition coefficient (Wildman–Crippen LogP) is 3.94. The van der Waals surface area contributed by atoms with Gasteiger partial charge < -0.3 is 14.2 Å². The normalized spacial score (nSPS) is 11.0. The van der Waals surface area contributed by atoms with Crippen LogP contribution in [0.5, 0.6) is 17.2 Å². The summed E-state index contributed by atoms with van der Waals surface area (Å²) in [6, 6.07) is 19.3.